The van der Waals surface area contributed by atoms with Crippen LogP contribution in [0.4, 0.5) is 0 Å². The SMILES string of the molecule is COc1cc(-c2oc3c(OC)cc(CCCOCc4ccccc4)cc3c2I)ccc1OCc1ccccc1. The van der Waals surface area contributed by atoms with E-state index in [4.69, 9.17) is 23.4 Å². The number of benzene rings is 4. The van der Waals surface area contributed by atoms with Crippen LogP contribution >= 0.6 is 22.6 Å². The lowest BCUT2D eigenvalue weighted by Crippen LogP contribution is -1.98. The van der Waals surface area contributed by atoms with E-state index in [0.29, 0.717) is 31.3 Å². The molecular weight excluding hydrogens is 603 g/mol. The highest BCUT2D eigenvalue weighted by Gasteiger charge is 2.20. The number of methoxy groups -OCH3 is 2. The fourth-order valence-electron chi connectivity index (χ4n) is 4.48. The molecule has 0 atom stereocenters. The minimum atomic E-state index is 0.468. The zero-order chi connectivity index (χ0) is 27.0. The van der Waals surface area contributed by atoms with Crippen LogP contribution in [0.25, 0.3) is 22.3 Å². The Balaban J connectivity index is 1.31. The Hall–Kier alpha value is -3.49. The second-order valence-electron chi connectivity index (χ2n) is 9.20. The van der Waals surface area contributed by atoms with Gasteiger partial charge in [-0.25, -0.2) is 0 Å². The van der Waals surface area contributed by atoms with Crippen LogP contribution < -0.4 is 14.2 Å². The summed E-state index contributed by atoms with van der Waals surface area (Å²) in [5.74, 6) is 2.85. The van der Waals surface area contributed by atoms with Crippen molar-refractivity contribution in [2.75, 3.05) is 20.8 Å². The van der Waals surface area contributed by atoms with Gasteiger partial charge in [0, 0.05) is 17.6 Å². The summed E-state index contributed by atoms with van der Waals surface area (Å²) in [6, 6.07) is 30.5. The van der Waals surface area contributed by atoms with Crippen LogP contribution in [-0.2, 0) is 24.4 Å². The molecule has 0 aliphatic rings. The lowest BCUT2D eigenvalue weighted by atomic mass is 10.1. The predicted molar refractivity (Wildman–Crippen MR) is 163 cm³/mol. The highest BCUT2D eigenvalue weighted by molar-refractivity contribution is 14.1. The fraction of sp³-hybridized carbons (Fsp3) is 0.212. The molecule has 0 bridgehead atoms. The Morgan fingerprint density at radius 1 is 0.692 bits per heavy atom. The van der Waals surface area contributed by atoms with Crippen LogP contribution in [0.3, 0.4) is 0 Å². The van der Waals surface area contributed by atoms with Gasteiger partial charge in [-0.2, -0.15) is 0 Å². The third-order valence-electron chi connectivity index (χ3n) is 6.50. The van der Waals surface area contributed by atoms with Gasteiger partial charge in [-0.1, -0.05) is 60.7 Å². The molecule has 0 unspecified atom stereocenters. The second kappa shape index (κ2) is 13.0. The van der Waals surface area contributed by atoms with Gasteiger partial charge in [-0.3, -0.25) is 0 Å². The van der Waals surface area contributed by atoms with Crippen molar-refractivity contribution in [1.82, 2.24) is 0 Å². The number of ether oxygens (including phenoxy) is 4. The van der Waals surface area contributed by atoms with Crippen molar-refractivity contribution in [1.29, 1.82) is 0 Å². The molecule has 1 aromatic heterocycles. The van der Waals surface area contributed by atoms with Gasteiger partial charge in [0.2, 0.25) is 0 Å². The Kier molecular flexibility index (Phi) is 9.06. The van der Waals surface area contributed by atoms with E-state index in [0.717, 1.165) is 50.0 Å². The topological polar surface area (TPSA) is 50.1 Å². The van der Waals surface area contributed by atoms with Crippen LogP contribution in [0, 0.1) is 3.57 Å². The summed E-state index contributed by atoms with van der Waals surface area (Å²) in [7, 11) is 3.33. The maximum absolute atomic E-state index is 6.37. The Bertz CT molecular complexity index is 1510. The Labute approximate surface area is 242 Å². The summed E-state index contributed by atoms with van der Waals surface area (Å²) in [4.78, 5) is 0. The first-order chi connectivity index (χ1) is 19.2. The van der Waals surface area contributed by atoms with Crippen molar-refractivity contribution in [2.24, 2.45) is 0 Å². The summed E-state index contributed by atoms with van der Waals surface area (Å²) in [5.41, 5.74) is 5.13. The summed E-state index contributed by atoms with van der Waals surface area (Å²) in [6.07, 6.45) is 1.81. The first-order valence-electron chi connectivity index (χ1n) is 12.9. The Morgan fingerprint density at radius 2 is 1.38 bits per heavy atom. The molecule has 0 spiro atoms. The molecule has 5 nitrogen and oxygen atoms in total. The largest absolute Gasteiger partial charge is 0.493 e. The summed E-state index contributed by atoms with van der Waals surface area (Å²) < 4.78 is 30.7. The number of hydrogen-bond donors (Lipinski definition) is 0. The third-order valence-corrected chi connectivity index (χ3v) is 7.57. The van der Waals surface area contributed by atoms with E-state index in [1.807, 2.05) is 66.7 Å². The molecule has 1 heterocycles. The highest BCUT2D eigenvalue weighted by atomic mass is 127. The summed E-state index contributed by atoms with van der Waals surface area (Å²) in [6.45, 7) is 1.79. The second-order valence-corrected chi connectivity index (χ2v) is 10.3. The number of rotatable bonds is 12. The molecule has 0 aliphatic carbocycles. The number of aryl methyl sites for hydroxylation is 1. The van der Waals surface area contributed by atoms with Gasteiger partial charge in [0.1, 0.15) is 12.4 Å². The molecule has 5 rings (SSSR count). The quantitative estimate of drug-likeness (QED) is 0.102. The molecule has 0 saturated carbocycles. The summed E-state index contributed by atoms with van der Waals surface area (Å²) >= 11 is 2.36. The molecule has 0 saturated heterocycles. The minimum Gasteiger partial charge on any atom is -0.493 e. The van der Waals surface area contributed by atoms with E-state index in [2.05, 4.69) is 46.9 Å². The number of furan rings is 1. The predicted octanol–water partition coefficient (Wildman–Crippen LogP) is 8.45. The average Bonchev–Trinajstić information content (AvgIpc) is 3.32. The monoisotopic (exact) mass is 634 g/mol. The summed E-state index contributed by atoms with van der Waals surface area (Å²) in [5, 5.41) is 1.04. The zero-order valence-electron chi connectivity index (χ0n) is 22.1. The van der Waals surface area contributed by atoms with Crippen molar-refractivity contribution in [3.63, 3.8) is 0 Å². The first kappa shape index (κ1) is 27.1. The van der Waals surface area contributed by atoms with Gasteiger partial charge in [0.05, 0.1) is 24.4 Å². The van der Waals surface area contributed by atoms with Crippen LogP contribution in [0.5, 0.6) is 17.2 Å². The van der Waals surface area contributed by atoms with E-state index in [9.17, 15) is 0 Å². The first-order valence-corrected chi connectivity index (χ1v) is 14.0. The minimum absolute atomic E-state index is 0.468. The Morgan fingerprint density at radius 3 is 2.08 bits per heavy atom. The number of fused-ring (bicyclic) bond motifs is 1. The van der Waals surface area contributed by atoms with E-state index < -0.39 is 0 Å². The molecule has 4 aromatic carbocycles. The van der Waals surface area contributed by atoms with Gasteiger partial charge in [0.25, 0.3) is 0 Å². The molecule has 39 heavy (non-hydrogen) atoms. The lowest BCUT2D eigenvalue weighted by molar-refractivity contribution is 0.118. The highest BCUT2D eigenvalue weighted by Crippen LogP contribution is 2.42. The van der Waals surface area contributed by atoms with Gasteiger partial charge in [-0.05, 0) is 82.5 Å². The molecule has 5 aromatic rings. The van der Waals surface area contributed by atoms with Gasteiger partial charge >= 0.3 is 0 Å². The molecule has 6 heteroatoms. The van der Waals surface area contributed by atoms with E-state index in [-0.39, 0.29) is 0 Å². The van der Waals surface area contributed by atoms with Crippen molar-refractivity contribution in [2.45, 2.75) is 26.1 Å². The molecule has 0 amide bonds. The number of halogens is 1. The third kappa shape index (κ3) is 6.57. The number of hydrogen-bond acceptors (Lipinski definition) is 5. The van der Waals surface area contributed by atoms with Crippen LogP contribution in [0.1, 0.15) is 23.1 Å². The lowest BCUT2D eigenvalue weighted by Gasteiger charge is -2.12. The van der Waals surface area contributed by atoms with Gasteiger partial charge in [0.15, 0.2) is 22.8 Å². The molecule has 200 valence electrons. The average molecular weight is 635 g/mol. The van der Waals surface area contributed by atoms with Crippen molar-refractivity contribution in [3.8, 4) is 28.6 Å². The normalized spacial score (nSPS) is 11.1. The molecular formula is C33H31IO5. The standard InChI is InChI=1S/C33H31IO5/c1-35-29-20-26(15-16-28(29)38-22-24-12-7-4-8-13-24)32-31(34)27-18-25(19-30(36-2)33(27)39-32)14-9-17-37-21-23-10-5-3-6-11-23/h3-8,10-13,15-16,18-20H,9,14,17,21-22H2,1-2H3. The molecule has 0 radical (unpaired) electrons. The molecule has 0 aliphatic heterocycles. The van der Waals surface area contributed by atoms with E-state index in [1.165, 1.54) is 11.1 Å². The zero-order valence-corrected chi connectivity index (χ0v) is 24.3. The molecule has 0 fully saturated rings. The van der Waals surface area contributed by atoms with Crippen molar-refractivity contribution < 1.29 is 23.4 Å². The van der Waals surface area contributed by atoms with Crippen LogP contribution in [-0.4, -0.2) is 20.8 Å². The molecule has 0 N–H and O–H groups in total. The maximum atomic E-state index is 6.37. The van der Waals surface area contributed by atoms with Crippen molar-refractivity contribution >= 4 is 33.6 Å². The van der Waals surface area contributed by atoms with Crippen LogP contribution in [0.2, 0.25) is 0 Å². The maximum Gasteiger partial charge on any atom is 0.177 e. The fourth-order valence-corrected chi connectivity index (χ4v) is 5.31. The van der Waals surface area contributed by atoms with Gasteiger partial charge < -0.3 is 23.4 Å². The smallest absolute Gasteiger partial charge is 0.177 e. The van der Waals surface area contributed by atoms with E-state index >= 15 is 0 Å². The van der Waals surface area contributed by atoms with Crippen molar-refractivity contribution in [3.05, 3.63) is 111 Å². The van der Waals surface area contributed by atoms with Gasteiger partial charge in [-0.15, -0.1) is 0 Å². The van der Waals surface area contributed by atoms with E-state index in [1.54, 1.807) is 14.2 Å². The van der Waals surface area contributed by atoms with Crippen LogP contribution in [0.15, 0.2) is 95.4 Å².